The zero-order valence-electron chi connectivity index (χ0n) is 16.8. The highest BCUT2D eigenvalue weighted by atomic mass is 19.4. The highest BCUT2D eigenvalue weighted by Crippen LogP contribution is 2.31. The van der Waals surface area contributed by atoms with Gasteiger partial charge in [0.05, 0.1) is 5.56 Å². The standard InChI is InChI=1S/C23H26F3N3O/c24-23(25,26)20-8-3-9-21(13-20)27-22(30)29-11-4-5-17(15-29)14-28-12-10-18-6-1-2-7-19(18)16-28/h1-3,6-9,13,17H,4-5,10-12,14-16H2,(H,27,30). The Hall–Kier alpha value is -2.54. The van der Waals surface area contributed by atoms with Crippen molar-refractivity contribution >= 4 is 11.7 Å². The minimum atomic E-state index is -4.43. The van der Waals surface area contributed by atoms with Crippen LogP contribution in [0.25, 0.3) is 0 Å². The Labute approximate surface area is 174 Å². The molecule has 0 bridgehead atoms. The van der Waals surface area contributed by atoms with Gasteiger partial charge in [0.25, 0.3) is 0 Å². The molecule has 0 aliphatic carbocycles. The van der Waals surface area contributed by atoms with Crippen LogP contribution in [0.15, 0.2) is 48.5 Å². The molecule has 7 heteroatoms. The number of fused-ring (bicyclic) bond motifs is 1. The highest BCUT2D eigenvalue weighted by Gasteiger charge is 2.31. The number of hydrogen-bond donors (Lipinski definition) is 1. The van der Waals surface area contributed by atoms with Gasteiger partial charge in [0.15, 0.2) is 0 Å². The summed E-state index contributed by atoms with van der Waals surface area (Å²) in [4.78, 5) is 16.8. The third-order valence-corrected chi connectivity index (χ3v) is 5.97. The summed E-state index contributed by atoms with van der Waals surface area (Å²) < 4.78 is 38.7. The molecule has 2 heterocycles. The van der Waals surface area contributed by atoms with E-state index < -0.39 is 11.7 Å². The monoisotopic (exact) mass is 417 g/mol. The Morgan fingerprint density at radius 3 is 2.67 bits per heavy atom. The first-order chi connectivity index (χ1) is 14.4. The van der Waals surface area contributed by atoms with Crippen LogP contribution in [-0.4, -0.2) is 42.0 Å². The molecule has 1 atom stereocenters. The SMILES string of the molecule is O=C(Nc1cccc(C(F)(F)F)c1)N1CCCC(CN2CCc3ccccc3C2)C1. The lowest BCUT2D eigenvalue weighted by Gasteiger charge is -2.37. The van der Waals surface area contributed by atoms with Crippen molar-refractivity contribution in [3.05, 3.63) is 65.2 Å². The van der Waals surface area contributed by atoms with Crippen LogP contribution in [0.3, 0.4) is 0 Å². The maximum Gasteiger partial charge on any atom is 0.416 e. The van der Waals surface area contributed by atoms with Crippen LogP contribution in [0.2, 0.25) is 0 Å². The van der Waals surface area contributed by atoms with Crippen LogP contribution in [-0.2, 0) is 19.1 Å². The van der Waals surface area contributed by atoms with Crippen molar-refractivity contribution in [2.45, 2.75) is 32.0 Å². The summed E-state index contributed by atoms with van der Waals surface area (Å²) in [6.07, 6.45) is -1.41. The lowest BCUT2D eigenvalue weighted by molar-refractivity contribution is -0.137. The van der Waals surface area contributed by atoms with Crippen LogP contribution < -0.4 is 5.32 Å². The van der Waals surface area contributed by atoms with E-state index >= 15 is 0 Å². The molecule has 0 saturated carbocycles. The van der Waals surface area contributed by atoms with Crippen LogP contribution in [0.1, 0.15) is 29.5 Å². The Balaban J connectivity index is 1.33. The molecule has 2 aromatic carbocycles. The maximum absolute atomic E-state index is 12.9. The second-order valence-corrected chi connectivity index (χ2v) is 8.22. The van der Waals surface area contributed by atoms with Crippen molar-refractivity contribution in [3.63, 3.8) is 0 Å². The number of hydrogen-bond acceptors (Lipinski definition) is 2. The van der Waals surface area contributed by atoms with E-state index in [2.05, 4.69) is 34.5 Å². The van der Waals surface area contributed by atoms with Gasteiger partial charge in [-0.3, -0.25) is 4.90 Å². The van der Waals surface area contributed by atoms with E-state index in [1.54, 1.807) is 4.90 Å². The summed E-state index contributed by atoms with van der Waals surface area (Å²) in [5, 5.41) is 2.63. The molecule has 2 aliphatic heterocycles. The fourth-order valence-corrected chi connectivity index (χ4v) is 4.45. The van der Waals surface area contributed by atoms with E-state index in [1.807, 2.05) is 0 Å². The first-order valence-electron chi connectivity index (χ1n) is 10.4. The van der Waals surface area contributed by atoms with Crippen LogP contribution in [0.4, 0.5) is 23.7 Å². The second kappa shape index (κ2) is 8.68. The van der Waals surface area contributed by atoms with Crippen LogP contribution in [0.5, 0.6) is 0 Å². The van der Waals surface area contributed by atoms with Gasteiger partial charge in [-0.25, -0.2) is 4.79 Å². The zero-order chi connectivity index (χ0) is 21.1. The van der Waals surface area contributed by atoms with E-state index in [-0.39, 0.29) is 11.7 Å². The zero-order valence-corrected chi connectivity index (χ0v) is 16.8. The van der Waals surface area contributed by atoms with Crippen molar-refractivity contribution in [1.29, 1.82) is 0 Å². The minimum absolute atomic E-state index is 0.171. The molecule has 0 aromatic heterocycles. The van der Waals surface area contributed by atoms with Crippen LogP contribution in [0, 0.1) is 5.92 Å². The lowest BCUT2D eigenvalue weighted by atomic mass is 9.95. The number of nitrogens with zero attached hydrogens (tertiary/aromatic N) is 2. The van der Waals surface area contributed by atoms with Crippen LogP contribution >= 0.6 is 0 Å². The van der Waals surface area contributed by atoms with Gasteiger partial charge in [0.2, 0.25) is 0 Å². The molecule has 2 aromatic rings. The number of urea groups is 1. The molecule has 0 spiro atoms. The minimum Gasteiger partial charge on any atom is -0.324 e. The maximum atomic E-state index is 12.9. The number of rotatable bonds is 3. The summed E-state index contributed by atoms with van der Waals surface area (Å²) in [6, 6.07) is 13.0. The Morgan fingerprint density at radius 1 is 1.07 bits per heavy atom. The molecule has 1 fully saturated rings. The summed E-state index contributed by atoms with van der Waals surface area (Å²) >= 11 is 0. The third kappa shape index (κ3) is 4.95. The summed E-state index contributed by atoms with van der Waals surface area (Å²) in [6.45, 7) is 4.14. The fourth-order valence-electron chi connectivity index (χ4n) is 4.45. The summed E-state index contributed by atoms with van der Waals surface area (Å²) in [5.41, 5.74) is 2.20. The lowest BCUT2D eigenvalue weighted by Crippen LogP contribution is -2.46. The Morgan fingerprint density at radius 2 is 1.87 bits per heavy atom. The summed E-state index contributed by atoms with van der Waals surface area (Å²) in [7, 11) is 0. The predicted octanol–water partition coefficient (Wildman–Crippen LogP) is 5.01. The first kappa shape index (κ1) is 20.7. The average molecular weight is 417 g/mol. The molecular weight excluding hydrogens is 391 g/mol. The summed E-state index contributed by atoms with van der Waals surface area (Å²) in [5.74, 6) is 0.372. The smallest absolute Gasteiger partial charge is 0.324 e. The number of likely N-dealkylation sites (tertiary alicyclic amines) is 1. The molecule has 30 heavy (non-hydrogen) atoms. The molecular formula is C23H26F3N3O. The van der Waals surface area contributed by atoms with Crippen molar-refractivity contribution in [1.82, 2.24) is 9.80 Å². The molecule has 0 radical (unpaired) electrons. The van der Waals surface area contributed by atoms with Gasteiger partial charge in [-0.15, -0.1) is 0 Å². The Bertz CT molecular complexity index is 899. The number of nitrogens with one attached hydrogen (secondary N) is 1. The van der Waals surface area contributed by atoms with Crippen molar-refractivity contribution < 1.29 is 18.0 Å². The van der Waals surface area contributed by atoms with E-state index in [4.69, 9.17) is 0 Å². The van der Waals surface area contributed by atoms with Crippen molar-refractivity contribution in [3.8, 4) is 0 Å². The number of benzene rings is 2. The first-order valence-corrected chi connectivity index (χ1v) is 10.4. The van der Waals surface area contributed by atoms with Gasteiger partial charge in [-0.1, -0.05) is 30.3 Å². The number of amides is 2. The Kier molecular flexibility index (Phi) is 5.99. The molecule has 1 N–H and O–H groups in total. The third-order valence-electron chi connectivity index (χ3n) is 5.97. The van der Waals surface area contributed by atoms with Gasteiger partial charge < -0.3 is 10.2 Å². The number of alkyl halides is 3. The normalized spacial score (nSPS) is 20.0. The quantitative estimate of drug-likeness (QED) is 0.762. The molecule has 4 rings (SSSR count). The molecule has 1 saturated heterocycles. The number of halogens is 3. The van der Waals surface area contributed by atoms with Crippen molar-refractivity contribution in [2.24, 2.45) is 5.92 Å². The van der Waals surface area contributed by atoms with E-state index in [0.29, 0.717) is 19.0 Å². The molecule has 2 amide bonds. The van der Waals surface area contributed by atoms with Gasteiger partial charge in [0.1, 0.15) is 0 Å². The van der Waals surface area contributed by atoms with E-state index in [1.165, 1.54) is 23.3 Å². The van der Waals surface area contributed by atoms with E-state index in [9.17, 15) is 18.0 Å². The number of carbonyl (C=O) groups excluding carboxylic acids is 1. The molecule has 1 unspecified atom stereocenters. The van der Waals surface area contributed by atoms with Gasteiger partial charge >= 0.3 is 12.2 Å². The van der Waals surface area contributed by atoms with Gasteiger partial charge in [0, 0.05) is 38.4 Å². The van der Waals surface area contributed by atoms with Gasteiger partial charge in [-0.2, -0.15) is 13.2 Å². The van der Waals surface area contributed by atoms with Gasteiger partial charge in [-0.05, 0) is 54.5 Å². The number of anilines is 1. The topological polar surface area (TPSA) is 35.6 Å². The molecule has 2 aliphatic rings. The molecule has 4 nitrogen and oxygen atoms in total. The number of piperidine rings is 1. The highest BCUT2D eigenvalue weighted by molar-refractivity contribution is 5.89. The predicted molar refractivity (Wildman–Crippen MR) is 110 cm³/mol. The molecule has 160 valence electrons. The van der Waals surface area contributed by atoms with E-state index in [0.717, 1.165) is 51.0 Å². The second-order valence-electron chi connectivity index (χ2n) is 8.22. The van der Waals surface area contributed by atoms with Crippen molar-refractivity contribution in [2.75, 3.05) is 31.5 Å². The average Bonchev–Trinajstić information content (AvgIpc) is 2.73. The largest absolute Gasteiger partial charge is 0.416 e. The fraction of sp³-hybridized carbons (Fsp3) is 0.435. The number of carbonyl (C=O) groups is 1.